The summed E-state index contributed by atoms with van der Waals surface area (Å²) in [7, 11) is -4.31. The normalized spacial score (nSPS) is 14.5. The first-order valence-electron chi connectivity index (χ1n) is 14.4. The van der Waals surface area contributed by atoms with Gasteiger partial charge in [-0.25, -0.2) is 12.8 Å². The Morgan fingerprint density at radius 3 is 2.21 bits per heavy atom. The van der Waals surface area contributed by atoms with Gasteiger partial charge in [-0.1, -0.05) is 43.0 Å². The van der Waals surface area contributed by atoms with E-state index in [9.17, 15) is 22.4 Å². The minimum Gasteiger partial charge on any atom is -0.494 e. The zero-order chi connectivity index (χ0) is 31.0. The fourth-order valence-corrected chi connectivity index (χ4v) is 6.62. The van der Waals surface area contributed by atoms with Gasteiger partial charge in [0.15, 0.2) is 0 Å². The van der Waals surface area contributed by atoms with Gasteiger partial charge in [-0.15, -0.1) is 0 Å². The number of halogens is 2. The topological polar surface area (TPSA) is 96.0 Å². The molecule has 0 spiro atoms. The second-order valence-electron chi connectivity index (χ2n) is 10.6. The monoisotopic (exact) mass is 629 g/mol. The first kappa shape index (κ1) is 32.3. The van der Waals surface area contributed by atoms with E-state index in [4.69, 9.17) is 16.3 Å². The number of carbonyl (C=O) groups is 2. The smallest absolute Gasteiger partial charge is 0.264 e. The molecule has 3 aromatic carbocycles. The Bertz CT molecular complexity index is 1480. The van der Waals surface area contributed by atoms with Crippen molar-refractivity contribution in [1.82, 2.24) is 10.2 Å². The molecule has 43 heavy (non-hydrogen) atoms. The van der Waals surface area contributed by atoms with E-state index < -0.39 is 34.3 Å². The van der Waals surface area contributed by atoms with Crippen molar-refractivity contribution < 1.29 is 27.1 Å². The lowest BCUT2D eigenvalue weighted by atomic mass is 9.95. The van der Waals surface area contributed by atoms with E-state index >= 15 is 0 Å². The van der Waals surface area contributed by atoms with Crippen LogP contribution in [0.3, 0.4) is 0 Å². The summed E-state index contributed by atoms with van der Waals surface area (Å²) in [6.07, 6.45) is 4.96. The highest BCUT2D eigenvalue weighted by Gasteiger charge is 2.33. The molecule has 1 aliphatic rings. The molecule has 4 rings (SSSR count). The Kier molecular flexibility index (Phi) is 11.0. The van der Waals surface area contributed by atoms with Crippen LogP contribution in [-0.2, 0) is 26.2 Å². The third kappa shape index (κ3) is 8.48. The molecule has 0 unspecified atom stereocenters. The summed E-state index contributed by atoms with van der Waals surface area (Å²) in [5, 5.41) is 3.60. The zero-order valence-electron chi connectivity index (χ0n) is 24.3. The van der Waals surface area contributed by atoms with Crippen molar-refractivity contribution in [2.75, 3.05) is 17.5 Å². The molecule has 3 aromatic rings. The van der Waals surface area contributed by atoms with Crippen molar-refractivity contribution in [3.05, 3.63) is 89.2 Å². The molecule has 0 aromatic heterocycles. The maximum absolute atomic E-state index is 14.1. The Hall–Kier alpha value is -3.63. The molecular formula is C32H37ClFN3O5S. The van der Waals surface area contributed by atoms with Crippen LogP contribution in [0.2, 0.25) is 5.02 Å². The first-order valence-corrected chi connectivity index (χ1v) is 16.3. The Morgan fingerprint density at radius 1 is 0.977 bits per heavy atom. The molecule has 1 aliphatic carbocycles. The Balaban J connectivity index is 1.67. The van der Waals surface area contributed by atoms with Gasteiger partial charge in [-0.2, -0.15) is 0 Å². The number of ether oxygens (including phenoxy) is 1. The number of hydrogen-bond donors (Lipinski definition) is 1. The van der Waals surface area contributed by atoms with E-state index in [1.807, 2.05) is 6.92 Å². The van der Waals surface area contributed by atoms with Crippen molar-refractivity contribution in [3.63, 3.8) is 0 Å². The van der Waals surface area contributed by atoms with E-state index in [-0.39, 0.29) is 29.1 Å². The molecule has 8 nitrogen and oxygen atoms in total. The lowest BCUT2D eigenvalue weighted by Crippen LogP contribution is -2.53. The van der Waals surface area contributed by atoms with Crippen LogP contribution in [0.4, 0.5) is 10.1 Å². The van der Waals surface area contributed by atoms with Gasteiger partial charge < -0.3 is 15.0 Å². The highest BCUT2D eigenvalue weighted by Crippen LogP contribution is 2.27. The van der Waals surface area contributed by atoms with Gasteiger partial charge in [0.25, 0.3) is 10.0 Å². The molecule has 0 aliphatic heterocycles. The van der Waals surface area contributed by atoms with Gasteiger partial charge in [0, 0.05) is 17.6 Å². The number of sulfonamides is 1. The largest absolute Gasteiger partial charge is 0.494 e. The van der Waals surface area contributed by atoms with Crippen molar-refractivity contribution in [2.45, 2.75) is 69.5 Å². The summed E-state index contributed by atoms with van der Waals surface area (Å²) < 4.78 is 47.9. The number of anilines is 1. The molecule has 11 heteroatoms. The van der Waals surface area contributed by atoms with Gasteiger partial charge in [0.2, 0.25) is 11.8 Å². The second kappa shape index (κ2) is 14.7. The van der Waals surface area contributed by atoms with E-state index in [0.717, 1.165) is 66.2 Å². The third-order valence-corrected chi connectivity index (χ3v) is 9.54. The van der Waals surface area contributed by atoms with Crippen molar-refractivity contribution >= 4 is 39.1 Å². The van der Waals surface area contributed by atoms with Crippen LogP contribution in [0, 0.1) is 5.82 Å². The standard InChI is InChI=1S/C32H37ClFN3O5S/c1-3-42-29-17-15-28(16-18-29)37(43(40,41)30-19-13-26(34)14-20-30)22-31(38)36(21-24-9-11-25(33)12-10-24)23(2)32(39)35-27-7-5-4-6-8-27/h9-20,23,27H,3-8,21-22H2,1-2H3,(H,35,39)/t23-/m1/s1. The summed E-state index contributed by atoms with van der Waals surface area (Å²) in [5.41, 5.74) is 0.941. The predicted octanol–water partition coefficient (Wildman–Crippen LogP) is 5.94. The Labute approximate surface area is 257 Å². The number of nitrogens with one attached hydrogen (secondary N) is 1. The van der Waals surface area contributed by atoms with Crippen LogP contribution in [0.15, 0.2) is 77.7 Å². The highest BCUT2D eigenvalue weighted by atomic mass is 35.5. The fourth-order valence-electron chi connectivity index (χ4n) is 5.08. The molecular weight excluding hydrogens is 593 g/mol. The molecule has 0 radical (unpaired) electrons. The van der Waals surface area contributed by atoms with E-state index in [1.54, 1.807) is 55.5 Å². The quantitative estimate of drug-likeness (QED) is 0.268. The predicted molar refractivity (Wildman–Crippen MR) is 165 cm³/mol. The molecule has 0 heterocycles. The number of nitrogens with zero attached hydrogens (tertiary/aromatic N) is 2. The van der Waals surface area contributed by atoms with Crippen LogP contribution < -0.4 is 14.4 Å². The fraction of sp³-hybridized carbons (Fsp3) is 0.375. The minimum absolute atomic E-state index is 0.0374. The highest BCUT2D eigenvalue weighted by molar-refractivity contribution is 7.92. The van der Waals surface area contributed by atoms with Crippen molar-refractivity contribution in [3.8, 4) is 5.75 Å². The molecule has 1 atom stereocenters. The maximum Gasteiger partial charge on any atom is 0.264 e. The van der Waals surface area contributed by atoms with E-state index in [2.05, 4.69) is 5.32 Å². The number of carbonyl (C=O) groups excluding carboxylic acids is 2. The van der Waals surface area contributed by atoms with Crippen LogP contribution in [0.1, 0.15) is 51.5 Å². The van der Waals surface area contributed by atoms with Crippen LogP contribution >= 0.6 is 11.6 Å². The minimum atomic E-state index is -4.31. The second-order valence-corrected chi connectivity index (χ2v) is 12.9. The molecule has 1 fully saturated rings. The zero-order valence-corrected chi connectivity index (χ0v) is 25.9. The van der Waals surface area contributed by atoms with Gasteiger partial charge in [0.1, 0.15) is 24.2 Å². The van der Waals surface area contributed by atoms with Crippen molar-refractivity contribution in [1.29, 1.82) is 0 Å². The summed E-state index contributed by atoms with van der Waals surface area (Å²) in [4.78, 5) is 28.7. The van der Waals surface area contributed by atoms with Gasteiger partial charge >= 0.3 is 0 Å². The van der Waals surface area contributed by atoms with Crippen LogP contribution in [0.5, 0.6) is 5.75 Å². The van der Waals surface area contributed by atoms with E-state index in [1.165, 1.54) is 4.90 Å². The van der Waals surface area contributed by atoms with Gasteiger partial charge in [-0.05, 0) is 92.9 Å². The lowest BCUT2D eigenvalue weighted by molar-refractivity contribution is -0.139. The average molecular weight is 630 g/mol. The van der Waals surface area contributed by atoms with Crippen molar-refractivity contribution in [2.24, 2.45) is 0 Å². The van der Waals surface area contributed by atoms with Crippen LogP contribution in [0.25, 0.3) is 0 Å². The number of amides is 2. The first-order chi connectivity index (χ1) is 20.6. The lowest BCUT2D eigenvalue weighted by Gasteiger charge is -2.33. The number of hydrogen-bond acceptors (Lipinski definition) is 5. The molecule has 0 saturated heterocycles. The molecule has 1 saturated carbocycles. The van der Waals surface area contributed by atoms with E-state index in [0.29, 0.717) is 17.4 Å². The average Bonchev–Trinajstić information content (AvgIpc) is 3.00. The number of benzene rings is 3. The summed E-state index contributed by atoms with van der Waals surface area (Å²) in [6.45, 7) is 3.36. The summed E-state index contributed by atoms with van der Waals surface area (Å²) >= 11 is 6.07. The maximum atomic E-state index is 14.1. The van der Waals surface area contributed by atoms with Crippen LogP contribution in [-0.4, -0.2) is 50.4 Å². The molecule has 2 amide bonds. The van der Waals surface area contributed by atoms with Gasteiger partial charge in [0.05, 0.1) is 17.2 Å². The molecule has 230 valence electrons. The molecule has 1 N–H and O–H groups in total. The SMILES string of the molecule is CCOc1ccc(N(CC(=O)N(Cc2ccc(Cl)cc2)[C@H](C)C(=O)NC2CCCCC2)S(=O)(=O)c2ccc(F)cc2)cc1. The summed E-state index contributed by atoms with van der Waals surface area (Å²) in [6, 6.07) is 16.8. The summed E-state index contributed by atoms with van der Waals surface area (Å²) in [5.74, 6) is -0.937. The molecule has 0 bridgehead atoms. The number of rotatable bonds is 12. The Morgan fingerprint density at radius 2 is 1.60 bits per heavy atom. The third-order valence-electron chi connectivity index (χ3n) is 7.50. The van der Waals surface area contributed by atoms with Gasteiger partial charge in [-0.3, -0.25) is 13.9 Å².